The number of nitrogens with zero attached hydrogens (tertiary/aromatic N) is 2. The van der Waals surface area contributed by atoms with Gasteiger partial charge in [-0.15, -0.1) is 0 Å². The molecule has 2 atom stereocenters. The third-order valence-corrected chi connectivity index (χ3v) is 4.72. The fraction of sp³-hybridized carbons (Fsp3) is 0.611. The standard InChI is InChI=1S/C18H27F2N3O3/c1-13(14-7-6-8-15(25-11-19)17(14)26-12-20)21-18(24)23(3)16-9-4-5-10-22(16)2/h6-8,13,16H,4-5,9-12H2,1-3H3,(H,21,24). The Morgan fingerprint density at radius 2 is 2.08 bits per heavy atom. The van der Waals surface area contributed by atoms with E-state index in [9.17, 15) is 13.6 Å². The lowest BCUT2D eigenvalue weighted by molar-refractivity contribution is 0.0696. The number of amides is 2. The van der Waals surface area contributed by atoms with E-state index in [2.05, 4.69) is 10.2 Å². The van der Waals surface area contributed by atoms with Crippen LogP contribution in [0.3, 0.4) is 0 Å². The van der Waals surface area contributed by atoms with E-state index in [4.69, 9.17) is 9.47 Å². The maximum atomic E-state index is 12.7. The van der Waals surface area contributed by atoms with Crippen molar-refractivity contribution in [1.82, 2.24) is 15.1 Å². The van der Waals surface area contributed by atoms with Crippen molar-refractivity contribution in [2.24, 2.45) is 0 Å². The monoisotopic (exact) mass is 371 g/mol. The molecular weight excluding hydrogens is 344 g/mol. The maximum Gasteiger partial charge on any atom is 0.318 e. The van der Waals surface area contributed by atoms with Gasteiger partial charge in [-0.05, 0) is 45.8 Å². The molecule has 2 amide bonds. The van der Waals surface area contributed by atoms with E-state index < -0.39 is 19.8 Å². The van der Waals surface area contributed by atoms with Crippen molar-refractivity contribution in [3.63, 3.8) is 0 Å². The number of nitrogens with one attached hydrogen (secondary N) is 1. The molecule has 1 fully saturated rings. The van der Waals surface area contributed by atoms with Crippen LogP contribution in [0.4, 0.5) is 13.6 Å². The van der Waals surface area contributed by atoms with Gasteiger partial charge in [0.2, 0.25) is 13.7 Å². The van der Waals surface area contributed by atoms with E-state index in [0.29, 0.717) is 5.56 Å². The molecule has 0 aliphatic carbocycles. The second-order valence-electron chi connectivity index (χ2n) is 6.42. The summed E-state index contributed by atoms with van der Waals surface area (Å²) >= 11 is 0. The van der Waals surface area contributed by atoms with Gasteiger partial charge in [-0.2, -0.15) is 0 Å². The van der Waals surface area contributed by atoms with Crippen molar-refractivity contribution in [1.29, 1.82) is 0 Å². The van der Waals surface area contributed by atoms with Gasteiger partial charge < -0.3 is 19.7 Å². The molecule has 1 heterocycles. The largest absolute Gasteiger partial charge is 0.459 e. The smallest absolute Gasteiger partial charge is 0.318 e. The Kier molecular flexibility index (Phi) is 7.44. The van der Waals surface area contributed by atoms with E-state index in [1.807, 2.05) is 7.05 Å². The molecule has 146 valence electrons. The third-order valence-electron chi connectivity index (χ3n) is 4.72. The number of para-hydroxylation sites is 1. The van der Waals surface area contributed by atoms with E-state index >= 15 is 0 Å². The Morgan fingerprint density at radius 1 is 1.35 bits per heavy atom. The van der Waals surface area contributed by atoms with Crippen LogP contribution in [-0.2, 0) is 0 Å². The zero-order valence-electron chi connectivity index (χ0n) is 15.5. The number of piperidine rings is 1. The van der Waals surface area contributed by atoms with Gasteiger partial charge in [0.1, 0.15) is 0 Å². The number of carbonyl (C=O) groups excluding carboxylic acids is 1. The highest BCUT2D eigenvalue weighted by atomic mass is 19.1. The SMILES string of the molecule is CC(NC(=O)N(C)C1CCCCN1C)c1cccc(OCF)c1OCF. The zero-order chi connectivity index (χ0) is 19.1. The van der Waals surface area contributed by atoms with Crippen LogP contribution in [0.1, 0.15) is 37.8 Å². The Labute approximate surface area is 153 Å². The lowest BCUT2D eigenvalue weighted by atomic mass is 10.1. The number of hydrogen-bond acceptors (Lipinski definition) is 4. The number of ether oxygens (including phenoxy) is 2. The average molecular weight is 371 g/mol. The number of hydrogen-bond donors (Lipinski definition) is 1. The minimum Gasteiger partial charge on any atom is -0.459 e. The van der Waals surface area contributed by atoms with Crippen molar-refractivity contribution < 1.29 is 23.0 Å². The highest BCUT2D eigenvalue weighted by Gasteiger charge is 2.27. The summed E-state index contributed by atoms with van der Waals surface area (Å²) in [7, 11) is 3.76. The zero-order valence-corrected chi connectivity index (χ0v) is 15.5. The van der Waals surface area contributed by atoms with Crippen molar-refractivity contribution in [3.05, 3.63) is 23.8 Å². The topological polar surface area (TPSA) is 54.0 Å². The molecule has 0 aromatic heterocycles. The molecule has 0 bridgehead atoms. The van der Waals surface area contributed by atoms with Crippen molar-refractivity contribution in [3.8, 4) is 11.5 Å². The van der Waals surface area contributed by atoms with Crippen LogP contribution in [0, 0.1) is 0 Å². The number of urea groups is 1. The Hall–Kier alpha value is -2.09. The lowest BCUT2D eigenvalue weighted by Gasteiger charge is -2.39. The molecule has 26 heavy (non-hydrogen) atoms. The van der Waals surface area contributed by atoms with Crippen LogP contribution in [0.15, 0.2) is 18.2 Å². The Bertz CT molecular complexity index is 603. The normalized spacial score (nSPS) is 18.9. The van der Waals surface area contributed by atoms with E-state index in [1.54, 1.807) is 31.0 Å². The highest BCUT2D eigenvalue weighted by Crippen LogP contribution is 2.35. The molecular formula is C18H27F2N3O3. The minimum atomic E-state index is -1.08. The number of alkyl halides is 2. The number of rotatable bonds is 7. The number of benzene rings is 1. The lowest BCUT2D eigenvalue weighted by Crippen LogP contribution is -2.52. The molecule has 1 aromatic rings. The van der Waals surface area contributed by atoms with Crippen LogP contribution >= 0.6 is 0 Å². The summed E-state index contributed by atoms with van der Waals surface area (Å²) in [5, 5.41) is 2.89. The number of likely N-dealkylation sites (tertiary alicyclic amines) is 1. The number of carbonyl (C=O) groups is 1. The molecule has 0 radical (unpaired) electrons. The second kappa shape index (κ2) is 9.56. The molecule has 0 spiro atoms. The fourth-order valence-electron chi connectivity index (χ4n) is 3.30. The maximum absolute atomic E-state index is 12.7. The quantitative estimate of drug-likeness (QED) is 0.798. The summed E-state index contributed by atoms with van der Waals surface area (Å²) in [6, 6.07) is 4.12. The van der Waals surface area contributed by atoms with Crippen LogP contribution < -0.4 is 14.8 Å². The molecule has 0 saturated carbocycles. The highest BCUT2D eigenvalue weighted by molar-refractivity contribution is 5.75. The first kappa shape index (κ1) is 20.2. The molecule has 2 unspecified atom stereocenters. The summed E-state index contributed by atoms with van der Waals surface area (Å²) in [5.74, 6) is 0.196. The average Bonchev–Trinajstić information content (AvgIpc) is 2.63. The summed E-state index contributed by atoms with van der Waals surface area (Å²) in [5.41, 5.74) is 0.521. The van der Waals surface area contributed by atoms with Crippen molar-refractivity contribution in [2.45, 2.75) is 38.4 Å². The van der Waals surface area contributed by atoms with Crippen LogP contribution in [0.2, 0.25) is 0 Å². The van der Waals surface area contributed by atoms with Crippen molar-refractivity contribution >= 4 is 6.03 Å². The summed E-state index contributed by atoms with van der Waals surface area (Å²) in [6.07, 6.45) is 3.17. The minimum absolute atomic E-state index is 0.0405. The first-order chi connectivity index (χ1) is 12.5. The van der Waals surface area contributed by atoms with Gasteiger partial charge in [0, 0.05) is 12.6 Å². The van der Waals surface area contributed by atoms with Crippen molar-refractivity contribution in [2.75, 3.05) is 34.4 Å². The Morgan fingerprint density at radius 3 is 2.73 bits per heavy atom. The van der Waals surface area contributed by atoms with Gasteiger partial charge >= 0.3 is 6.03 Å². The van der Waals surface area contributed by atoms with Gasteiger partial charge in [0.25, 0.3) is 0 Å². The van der Waals surface area contributed by atoms with Crippen LogP contribution in [-0.4, -0.2) is 56.4 Å². The van der Waals surface area contributed by atoms with Crippen LogP contribution in [0.5, 0.6) is 11.5 Å². The predicted octanol–water partition coefficient (Wildman–Crippen LogP) is 3.44. The second-order valence-corrected chi connectivity index (χ2v) is 6.42. The molecule has 1 aromatic carbocycles. The van der Waals surface area contributed by atoms with Gasteiger partial charge in [-0.25, -0.2) is 13.6 Å². The molecule has 1 aliphatic heterocycles. The van der Waals surface area contributed by atoms with Gasteiger partial charge in [0.15, 0.2) is 11.5 Å². The summed E-state index contributed by atoms with van der Waals surface area (Å²) in [4.78, 5) is 16.5. The molecule has 8 heteroatoms. The fourth-order valence-corrected chi connectivity index (χ4v) is 3.30. The third kappa shape index (κ3) is 4.75. The molecule has 1 aliphatic rings. The van der Waals surface area contributed by atoms with E-state index in [-0.39, 0.29) is 23.7 Å². The first-order valence-corrected chi connectivity index (χ1v) is 8.73. The molecule has 2 rings (SSSR count). The van der Waals surface area contributed by atoms with E-state index in [0.717, 1.165) is 25.8 Å². The first-order valence-electron chi connectivity index (χ1n) is 8.73. The summed E-state index contributed by atoms with van der Waals surface area (Å²) in [6.45, 7) is 0.585. The van der Waals surface area contributed by atoms with Gasteiger partial charge in [-0.3, -0.25) is 4.90 Å². The summed E-state index contributed by atoms with van der Waals surface area (Å²) < 4.78 is 35.1. The van der Waals surface area contributed by atoms with Gasteiger partial charge in [-0.1, -0.05) is 12.1 Å². The van der Waals surface area contributed by atoms with E-state index in [1.165, 1.54) is 6.07 Å². The predicted molar refractivity (Wildman–Crippen MR) is 94.6 cm³/mol. The van der Waals surface area contributed by atoms with Gasteiger partial charge in [0.05, 0.1) is 12.2 Å². The number of halogens is 2. The molecule has 6 nitrogen and oxygen atoms in total. The van der Waals surface area contributed by atoms with Crippen LogP contribution in [0.25, 0.3) is 0 Å². The Balaban J connectivity index is 2.12. The molecule has 1 N–H and O–H groups in total. The molecule has 1 saturated heterocycles.